The number of benzene rings is 1. The van der Waals surface area contributed by atoms with E-state index in [1.165, 1.54) is 18.7 Å². The first kappa shape index (κ1) is 14.3. The van der Waals surface area contributed by atoms with Gasteiger partial charge in [-0.3, -0.25) is 4.79 Å². The summed E-state index contributed by atoms with van der Waals surface area (Å²) in [7, 11) is 0. The van der Waals surface area contributed by atoms with Gasteiger partial charge in [0.25, 0.3) is 0 Å². The predicted octanol–water partition coefficient (Wildman–Crippen LogP) is 2.44. The molecule has 1 aromatic carbocycles. The molecule has 0 atom stereocenters. The van der Waals surface area contributed by atoms with Crippen LogP contribution in [-0.2, 0) is 9.59 Å². The van der Waals surface area contributed by atoms with Crippen molar-refractivity contribution < 1.29 is 19.4 Å². The number of carboxylic acids is 1. The van der Waals surface area contributed by atoms with E-state index in [2.05, 4.69) is 0 Å². The molecule has 0 saturated heterocycles. The number of hydrogen-bond donors (Lipinski definition) is 1. The van der Waals surface area contributed by atoms with Gasteiger partial charge < -0.3 is 9.84 Å². The average molecular weight is 266 g/mol. The summed E-state index contributed by atoms with van der Waals surface area (Å²) in [6, 6.07) is 7.15. The van der Waals surface area contributed by atoms with Crippen LogP contribution in [0.3, 0.4) is 0 Å². The van der Waals surface area contributed by atoms with Gasteiger partial charge in [-0.1, -0.05) is 42.1 Å². The van der Waals surface area contributed by atoms with E-state index in [-0.39, 0.29) is 11.7 Å². The summed E-state index contributed by atoms with van der Waals surface area (Å²) in [5, 5.41) is 8.62. The number of carbonyl (C=O) groups is 2. The molecular weight excluding hydrogens is 252 g/mol. The van der Waals surface area contributed by atoms with Gasteiger partial charge in [-0.05, 0) is 6.07 Å². The molecule has 1 N–H and O–H groups in total. The highest BCUT2D eigenvalue weighted by Gasteiger charge is 2.02. The molecule has 5 heteroatoms. The van der Waals surface area contributed by atoms with Crippen molar-refractivity contribution >= 4 is 28.9 Å². The third-order valence-corrected chi connectivity index (χ3v) is 2.72. The highest BCUT2D eigenvalue weighted by atomic mass is 32.2. The number of para-hydroxylation sites is 1. The zero-order valence-electron chi connectivity index (χ0n) is 9.96. The summed E-state index contributed by atoms with van der Waals surface area (Å²) in [5.41, 5.74) is 0.794. The van der Waals surface area contributed by atoms with Crippen LogP contribution in [0.5, 0.6) is 5.75 Å². The van der Waals surface area contributed by atoms with Gasteiger partial charge in [-0.25, -0.2) is 4.79 Å². The Morgan fingerprint density at radius 2 is 2.11 bits per heavy atom. The van der Waals surface area contributed by atoms with Crippen molar-refractivity contribution in [2.24, 2.45) is 0 Å². The van der Waals surface area contributed by atoms with E-state index in [0.717, 1.165) is 5.56 Å². The van der Waals surface area contributed by atoms with Gasteiger partial charge in [0.05, 0.1) is 0 Å². The Balaban J connectivity index is 2.63. The fourth-order valence-electron chi connectivity index (χ4n) is 1.23. The summed E-state index contributed by atoms with van der Waals surface area (Å²) in [4.78, 5) is 21.2. The molecular formula is C13H14O4S. The molecule has 0 aromatic heterocycles. The Labute approximate surface area is 110 Å². The van der Waals surface area contributed by atoms with Gasteiger partial charge in [0.1, 0.15) is 5.75 Å². The SMILES string of the molecule is CC(=O)SCC=Cc1ccccc1OCC(=O)O. The van der Waals surface area contributed by atoms with Crippen molar-refractivity contribution in [2.75, 3.05) is 12.4 Å². The molecule has 1 aromatic rings. The zero-order valence-corrected chi connectivity index (χ0v) is 10.8. The normalized spacial score (nSPS) is 10.5. The van der Waals surface area contributed by atoms with E-state index in [9.17, 15) is 9.59 Å². The number of hydrogen-bond acceptors (Lipinski definition) is 4. The molecule has 0 saturated carbocycles. The first-order chi connectivity index (χ1) is 8.59. The largest absolute Gasteiger partial charge is 0.481 e. The van der Waals surface area contributed by atoms with E-state index in [1.54, 1.807) is 12.1 Å². The predicted molar refractivity (Wildman–Crippen MR) is 71.7 cm³/mol. The van der Waals surface area contributed by atoms with E-state index in [0.29, 0.717) is 11.5 Å². The third-order valence-electron chi connectivity index (χ3n) is 1.95. The van der Waals surface area contributed by atoms with Gasteiger partial charge in [-0.15, -0.1) is 0 Å². The fourth-order valence-corrected chi connectivity index (χ4v) is 1.66. The Morgan fingerprint density at radius 3 is 2.78 bits per heavy atom. The van der Waals surface area contributed by atoms with E-state index >= 15 is 0 Å². The van der Waals surface area contributed by atoms with E-state index in [4.69, 9.17) is 9.84 Å². The van der Waals surface area contributed by atoms with Gasteiger partial charge in [0, 0.05) is 18.2 Å². The Kier molecular flexibility index (Phi) is 6.00. The van der Waals surface area contributed by atoms with Crippen molar-refractivity contribution in [3.05, 3.63) is 35.9 Å². The van der Waals surface area contributed by atoms with Crippen molar-refractivity contribution in [3.8, 4) is 5.75 Å². The number of carboxylic acid groups (broad SMARTS) is 1. The maximum atomic E-state index is 10.7. The maximum Gasteiger partial charge on any atom is 0.341 e. The topological polar surface area (TPSA) is 63.6 Å². The monoisotopic (exact) mass is 266 g/mol. The van der Waals surface area contributed by atoms with E-state index < -0.39 is 5.97 Å². The molecule has 0 amide bonds. The Hall–Kier alpha value is -1.75. The lowest BCUT2D eigenvalue weighted by molar-refractivity contribution is -0.139. The van der Waals surface area contributed by atoms with Crippen molar-refractivity contribution in [1.82, 2.24) is 0 Å². The molecule has 0 radical (unpaired) electrons. The summed E-state index contributed by atoms with van der Waals surface area (Å²) in [6.07, 6.45) is 3.65. The number of carbonyl (C=O) groups excluding carboxylic acids is 1. The molecule has 0 spiro atoms. The summed E-state index contributed by atoms with van der Waals surface area (Å²) in [6.45, 7) is 1.15. The quantitative estimate of drug-likeness (QED) is 0.856. The third kappa shape index (κ3) is 5.54. The fraction of sp³-hybridized carbons (Fsp3) is 0.231. The van der Waals surface area contributed by atoms with Crippen LogP contribution in [0, 0.1) is 0 Å². The minimum absolute atomic E-state index is 0.0649. The van der Waals surface area contributed by atoms with Gasteiger partial charge in [-0.2, -0.15) is 0 Å². The van der Waals surface area contributed by atoms with Crippen LogP contribution in [0.1, 0.15) is 12.5 Å². The van der Waals surface area contributed by atoms with Crippen molar-refractivity contribution in [3.63, 3.8) is 0 Å². The Morgan fingerprint density at radius 1 is 1.39 bits per heavy atom. The summed E-state index contributed by atoms with van der Waals surface area (Å²) >= 11 is 1.21. The highest BCUT2D eigenvalue weighted by Crippen LogP contribution is 2.19. The second kappa shape index (κ2) is 7.55. The van der Waals surface area contributed by atoms with E-state index in [1.807, 2.05) is 24.3 Å². The molecule has 0 aliphatic rings. The molecule has 96 valence electrons. The lowest BCUT2D eigenvalue weighted by atomic mass is 10.2. The molecule has 0 aliphatic carbocycles. The molecule has 1 rings (SSSR count). The van der Waals surface area contributed by atoms with Crippen LogP contribution in [-0.4, -0.2) is 28.6 Å². The smallest absolute Gasteiger partial charge is 0.341 e. The number of aliphatic carboxylic acids is 1. The van der Waals surface area contributed by atoms with Crippen LogP contribution in [0.15, 0.2) is 30.3 Å². The van der Waals surface area contributed by atoms with Crippen LogP contribution in [0.25, 0.3) is 6.08 Å². The first-order valence-corrected chi connectivity index (χ1v) is 6.31. The summed E-state index contributed by atoms with van der Waals surface area (Å²) < 4.78 is 5.15. The van der Waals surface area contributed by atoms with Crippen LogP contribution in [0.2, 0.25) is 0 Å². The van der Waals surface area contributed by atoms with Crippen molar-refractivity contribution in [2.45, 2.75) is 6.92 Å². The minimum Gasteiger partial charge on any atom is -0.481 e. The lowest BCUT2D eigenvalue weighted by Gasteiger charge is -2.06. The second-order valence-electron chi connectivity index (χ2n) is 3.43. The zero-order chi connectivity index (χ0) is 13.4. The number of thioether (sulfide) groups is 1. The maximum absolute atomic E-state index is 10.7. The van der Waals surface area contributed by atoms with Gasteiger partial charge in [0.2, 0.25) is 0 Å². The average Bonchev–Trinajstić information content (AvgIpc) is 2.33. The molecule has 0 fully saturated rings. The van der Waals surface area contributed by atoms with Crippen LogP contribution < -0.4 is 4.74 Å². The molecule has 0 unspecified atom stereocenters. The molecule has 0 heterocycles. The van der Waals surface area contributed by atoms with Crippen LogP contribution in [0.4, 0.5) is 0 Å². The molecule has 18 heavy (non-hydrogen) atoms. The number of rotatable bonds is 6. The van der Waals surface area contributed by atoms with Gasteiger partial charge >= 0.3 is 5.97 Å². The second-order valence-corrected chi connectivity index (χ2v) is 4.62. The van der Waals surface area contributed by atoms with Crippen molar-refractivity contribution in [1.29, 1.82) is 0 Å². The minimum atomic E-state index is -1.01. The lowest BCUT2D eigenvalue weighted by Crippen LogP contribution is -2.09. The van der Waals surface area contributed by atoms with Gasteiger partial charge in [0.15, 0.2) is 11.7 Å². The first-order valence-electron chi connectivity index (χ1n) is 5.33. The molecule has 0 aliphatic heterocycles. The molecule has 4 nitrogen and oxygen atoms in total. The Bertz CT molecular complexity index is 454. The standard InChI is InChI=1S/C13H14O4S/c1-10(14)18-8-4-6-11-5-2-3-7-12(11)17-9-13(15)16/h2-7H,8-9H2,1H3,(H,15,16). The highest BCUT2D eigenvalue weighted by molar-refractivity contribution is 8.13. The molecule has 0 bridgehead atoms. The summed E-state index contributed by atoms with van der Waals surface area (Å²) in [5.74, 6) is 0.0904. The van der Waals surface area contributed by atoms with Crippen LogP contribution >= 0.6 is 11.8 Å². The number of ether oxygens (including phenoxy) is 1.